The lowest BCUT2D eigenvalue weighted by Crippen LogP contribution is -2.46. The Morgan fingerprint density at radius 2 is 1.60 bits per heavy atom. The fourth-order valence-corrected chi connectivity index (χ4v) is 11.6. The third-order valence-electron chi connectivity index (χ3n) is 14.8. The van der Waals surface area contributed by atoms with Gasteiger partial charge in [0.15, 0.2) is 5.65 Å². The topological polar surface area (TPSA) is 134 Å². The zero-order valence-electron chi connectivity index (χ0n) is 36.9. The Labute approximate surface area is 366 Å². The SMILES string of the molecule is COc1cc(N2CCN(CCCCCCCCCCNC(=O)CC34CC5CC(CC3C5)C4)CC2)ccc1Nc1ncc2c(C)cc(=O)n(-c3cccc(NC(=O)C4CC4)c3)c2n1. The minimum absolute atomic E-state index is 0.0133. The smallest absolute Gasteiger partial charge is 0.257 e. The van der Waals surface area contributed by atoms with Crippen molar-refractivity contribution < 1.29 is 14.3 Å². The van der Waals surface area contributed by atoms with Crippen LogP contribution in [0.15, 0.2) is 59.5 Å². The molecule has 2 aromatic heterocycles. The Hall–Kier alpha value is -4.97. The summed E-state index contributed by atoms with van der Waals surface area (Å²) in [6.07, 6.45) is 21.3. The average molecular weight is 843 g/mol. The summed E-state index contributed by atoms with van der Waals surface area (Å²) in [7, 11) is 1.67. The van der Waals surface area contributed by atoms with Crippen molar-refractivity contribution in [3.8, 4) is 11.4 Å². The molecule has 10 rings (SSSR count). The van der Waals surface area contributed by atoms with Gasteiger partial charge in [-0.05, 0) is 130 Å². The predicted octanol–water partition coefficient (Wildman–Crippen LogP) is 8.77. The first kappa shape index (κ1) is 42.3. The molecule has 12 nitrogen and oxygen atoms in total. The van der Waals surface area contributed by atoms with Gasteiger partial charge in [0.2, 0.25) is 17.8 Å². The molecule has 2 unspecified atom stereocenters. The molecule has 12 heteroatoms. The number of piperazine rings is 1. The van der Waals surface area contributed by atoms with Gasteiger partial charge < -0.3 is 25.6 Å². The maximum atomic E-state index is 13.4. The zero-order valence-corrected chi connectivity index (χ0v) is 36.9. The van der Waals surface area contributed by atoms with E-state index in [1.165, 1.54) is 77.0 Å². The molecule has 0 spiro atoms. The minimum atomic E-state index is -0.213. The third-order valence-corrected chi connectivity index (χ3v) is 14.8. The van der Waals surface area contributed by atoms with Crippen molar-refractivity contribution in [1.82, 2.24) is 24.8 Å². The number of amides is 2. The lowest BCUT2D eigenvalue weighted by molar-refractivity contribution is -0.124. The number of carbonyl (C=O) groups excluding carboxylic acids is 2. The first-order valence-electron chi connectivity index (χ1n) is 23.7. The quantitative estimate of drug-likeness (QED) is 0.0747. The fourth-order valence-electron chi connectivity index (χ4n) is 11.6. The number of hydrogen-bond acceptors (Lipinski definition) is 9. The number of anilines is 4. The van der Waals surface area contributed by atoms with Gasteiger partial charge in [0, 0.05) is 80.2 Å². The average Bonchev–Trinajstić information content (AvgIpc) is 4.05. The molecule has 3 N–H and O–H groups in total. The number of rotatable bonds is 20. The fraction of sp³-hybridized carbons (Fsp3) is 0.580. The largest absolute Gasteiger partial charge is 0.494 e. The molecule has 5 aliphatic carbocycles. The second kappa shape index (κ2) is 18.8. The number of aromatic nitrogens is 3. The van der Waals surface area contributed by atoms with E-state index >= 15 is 0 Å². The Kier molecular flexibility index (Phi) is 12.8. The summed E-state index contributed by atoms with van der Waals surface area (Å²) in [6.45, 7) is 7.92. The van der Waals surface area contributed by atoms with Crippen molar-refractivity contribution in [2.24, 2.45) is 29.1 Å². The zero-order chi connectivity index (χ0) is 42.6. The highest BCUT2D eigenvalue weighted by molar-refractivity contribution is 5.94. The van der Waals surface area contributed by atoms with Gasteiger partial charge in [-0.1, -0.05) is 44.6 Å². The molecule has 330 valence electrons. The highest BCUT2D eigenvalue weighted by atomic mass is 16.5. The van der Waals surface area contributed by atoms with Gasteiger partial charge in [-0.25, -0.2) is 4.98 Å². The number of pyridine rings is 1. The van der Waals surface area contributed by atoms with E-state index in [2.05, 4.69) is 42.9 Å². The molecule has 0 radical (unpaired) electrons. The molecule has 6 fully saturated rings. The lowest BCUT2D eigenvalue weighted by atomic mass is 9.73. The van der Waals surface area contributed by atoms with Crippen LogP contribution in [0.25, 0.3) is 16.7 Å². The molecular weight excluding hydrogens is 777 g/mol. The summed E-state index contributed by atoms with van der Waals surface area (Å²) in [6, 6.07) is 15.1. The molecule has 2 atom stereocenters. The number of hydrogen-bond donors (Lipinski definition) is 3. The number of benzene rings is 2. The number of fused-ring (bicyclic) bond motifs is 1. The predicted molar refractivity (Wildman–Crippen MR) is 247 cm³/mol. The van der Waals surface area contributed by atoms with Crippen LogP contribution in [0.2, 0.25) is 0 Å². The van der Waals surface area contributed by atoms with Crippen molar-refractivity contribution >= 4 is 45.9 Å². The van der Waals surface area contributed by atoms with Crippen LogP contribution in [0.4, 0.5) is 23.0 Å². The number of nitrogens with zero attached hydrogens (tertiary/aromatic N) is 5. The van der Waals surface area contributed by atoms with E-state index in [4.69, 9.17) is 9.72 Å². The third kappa shape index (κ3) is 9.65. The maximum Gasteiger partial charge on any atom is 0.257 e. The van der Waals surface area contributed by atoms with Crippen LogP contribution in [0, 0.1) is 36.0 Å². The summed E-state index contributed by atoms with van der Waals surface area (Å²) in [5.41, 5.74) is 4.53. The molecule has 4 bridgehead atoms. The molecule has 1 aliphatic heterocycles. The Balaban J connectivity index is 0.690. The second-order valence-electron chi connectivity index (χ2n) is 19.3. The van der Waals surface area contributed by atoms with E-state index in [-0.39, 0.29) is 17.4 Å². The maximum absolute atomic E-state index is 13.4. The van der Waals surface area contributed by atoms with E-state index in [0.717, 1.165) is 105 Å². The summed E-state index contributed by atoms with van der Waals surface area (Å²) >= 11 is 0. The standard InChI is InChI=1S/C50H66N8O4/c1-34-24-46(60)58(41-13-11-12-39(28-41)53-48(61)37-14-15-37)47-42(34)33-52-49(55-47)54-43-17-16-40(29-44(43)62-2)57-22-20-56(21-23-57)19-10-8-6-4-3-5-7-9-18-51-45(59)32-50-30-35-25-36(31-50)27-38(50)26-35/h11-13,16-17,24,28-29,33,35-38H,3-10,14-15,18-23,25-27,30-32H2,1-2H3,(H,51,59)(H,53,61)(H,52,54,55). The lowest BCUT2D eigenvalue weighted by Gasteiger charge is -2.36. The van der Waals surface area contributed by atoms with Crippen LogP contribution >= 0.6 is 0 Å². The van der Waals surface area contributed by atoms with Crippen LogP contribution in [-0.4, -0.2) is 77.6 Å². The van der Waals surface area contributed by atoms with Crippen LogP contribution in [-0.2, 0) is 9.59 Å². The minimum Gasteiger partial charge on any atom is -0.494 e. The van der Waals surface area contributed by atoms with E-state index in [9.17, 15) is 14.4 Å². The van der Waals surface area contributed by atoms with E-state index in [1.807, 2.05) is 37.3 Å². The van der Waals surface area contributed by atoms with Crippen molar-refractivity contribution in [2.75, 3.05) is 61.9 Å². The molecule has 1 saturated heterocycles. The van der Waals surface area contributed by atoms with Gasteiger partial charge in [-0.15, -0.1) is 0 Å². The number of methoxy groups -OCH3 is 1. The Morgan fingerprint density at radius 1 is 0.855 bits per heavy atom. The summed E-state index contributed by atoms with van der Waals surface area (Å²) in [4.78, 5) is 53.1. The molecule has 5 saturated carbocycles. The van der Waals surface area contributed by atoms with Crippen LogP contribution in [0.5, 0.6) is 5.75 Å². The van der Waals surface area contributed by atoms with Gasteiger partial charge in [-0.2, -0.15) is 4.98 Å². The number of unbranched alkanes of at least 4 members (excludes halogenated alkanes) is 7. The van der Waals surface area contributed by atoms with Gasteiger partial charge in [-0.3, -0.25) is 23.9 Å². The van der Waals surface area contributed by atoms with Crippen molar-refractivity contribution in [1.29, 1.82) is 0 Å². The molecule has 6 aliphatic rings. The van der Waals surface area contributed by atoms with E-state index in [1.54, 1.807) is 23.9 Å². The first-order valence-corrected chi connectivity index (χ1v) is 23.7. The molecule has 62 heavy (non-hydrogen) atoms. The van der Waals surface area contributed by atoms with Crippen molar-refractivity contribution in [3.63, 3.8) is 0 Å². The number of aryl methyl sites for hydroxylation is 1. The molecule has 2 aromatic carbocycles. The van der Waals surface area contributed by atoms with Crippen molar-refractivity contribution in [3.05, 3.63) is 70.6 Å². The normalized spacial score (nSPS) is 22.9. The molecule has 3 heterocycles. The first-order chi connectivity index (χ1) is 30.2. The molecular formula is C50H66N8O4. The van der Waals surface area contributed by atoms with E-state index in [0.29, 0.717) is 40.0 Å². The van der Waals surface area contributed by atoms with Crippen molar-refractivity contribution in [2.45, 2.75) is 110 Å². The van der Waals surface area contributed by atoms with E-state index < -0.39 is 0 Å². The molecule has 2 amide bonds. The van der Waals surface area contributed by atoms with Crippen LogP contribution < -0.4 is 31.1 Å². The highest BCUT2D eigenvalue weighted by Crippen LogP contribution is 2.66. The number of carbonyl (C=O) groups is 2. The van der Waals surface area contributed by atoms with Gasteiger partial charge in [0.25, 0.3) is 5.56 Å². The Morgan fingerprint density at radius 3 is 2.34 bits per heavy atom. The van der Waals surface area contributed by atoms with Crippen LogP contribution in [0.1, 0.15) is 108 Å². The van der Waals surface area contributed by atoms with Crippen LogP contribution in [0.3, 0.4) is 0 Å². The number of ether oxygens (including phenoxy) is 1. The van der Waals surface area contributed by atoms with Gasteiger partial charge in [0.1, 0.15) is 5.75 Å². The second-order valence-corrected chi connectivity index (χ2v) is 19.3. The van der Waals surface area contributed by atoms with Gasteiger partial charge in [0.05, 0.1) is 18.5 Å². The number of nitrogens with one attached hydrogen (secondary N) is 3. The highest BCUT2D eigenvalue weighted by Gasteiger charge is 2.58. The molecule has 4 aromatic rings. The summed E-state index contributed by atoms with van der Waals surface area (Å²) in [5, 5.41) is 10.4. The summed E-state index contributed by atoms with van der Waals surface area (Å²) in [5.74, 6) is 4.13. The monoisotopic (exact) mass is 843 g/mol. The summed E-state index contributed by atoms with van der Waals surface area (Å²) < 4.78 is 7.42. The van der Waals surface area contributed by atoms with Gasteiger partial charge >= 0.3 is 0 Å². The Bertz CT molecular complexity index is 2280.